The molecular weight excluding hydrogens is 206 g/mol. The third kappa shape index (κ3) is 9.14. The second-order valence-corrected chi connectivity index (χ2v) is 4.85. The van der Waals surface area contributed by atoms with Crippen molar-refractivity contribution in [3.63, 3.8) is 0 Å². The molecule has 1 atom stereocenters. The molecule has 1 heteroatoms. The summed E-state index contributed by atoms with van der Waals surface area (Å²) < 4.78 is 0. The van der Waals surface area contributed by atoms with Gasteiger partial charge in [-0.05, 0) is 38.0 Å². The van der Waals surface area contributed by atoms with Crippen molar-refractivity contribution in [3.8, 4) is 0 Å². The molecular formula is C16H31N. The summed E-state index contributed by atoms with van der Waals surface area (Å²) in [5.41, 5.74) is 1.49. The minimum Gasteiger partial charge on any atom is -0.269 e. The third-order valence-corrected chi connectivity index (χ3v) is 3.31. The summed E-state index contributed by atoms with van der Waals surface area (Å²) in [5.74, 6) is 0.676. The van der Waals surface area contributed by atoms with E-state index in [0.717, 1.165) is 6.42 Å². The van der Waals surface area contributed by atoms with Crippen LogP contribution in [0, 0.1) is 5.92 Å². The van der Waals surface area contributed by atoms with Crippen LogP contribution >= 0.6 is 0 Å². The normalized spacial score (nSPS) is 14.5. The van der Waals surface area contributed by atoms with Gasteiger partial charge in [0.05, 0.1) is 0 Å². The predicted molar refractivity (Wildman–Crippen MR) is 79.7 cm³/mol. The highest BCUT2D eigenvalue weighted by atomic mass is 14.7. The van der Waals surface area contributed by atoms with Crippen LogP contribution in [0.25, 0.3) is 0 Å². The van der Waals surface area contributed by atoms with E-state index in [1.54, 1.807) is 0 Å². The molecule has 0 aliphatic carbocycles. The highest BCUT2D eigenvalue weighted by molar-refractivity contribution is 5.61. The van der Waals surface area contributed by atoms with Gasteiger partial charge in [0.25, 0.3) is 0 Å². The lowest BCUT2D eigenvalue weighted by molar-refractivity contribution is 0.576. The van der Waals surface area contributed by atoms with Crippen LogP contribution in [0.2, 0.25) is 0 Å². The van der Waals surface area contributed by atoms with E-state index in [0.29, 0.717) is 5.92 Å². The summed E-state index contributed by atoms with van der Waals surface area (Å²) in [7, 11) is 0. The maximum atomic E-state index is 4.53. The molecule has 0 N–H and O–H groups in total. The van der Waals surface area contributed by atoms with Crippen LogP contribution in [0.3, 0.4) is 0 Å². The van der Waals surface area contributed by atoms with E-state index in [4.69, 9.17) is 0 Å². The first-order valence-electron chi connectivity index (χ1n) is 7.49. The van der Waals surface area contributed by atoms with E-state index in [2.05, 4.69) is 45.1 Å². The van der Waals surface area contributed by atoms with Gasteiger partial charge < -0.3 is 0 Å². The largest absolute Gasteiger partial charge is 0.269 e. The zero-order valence-corrected chi connectivity index (χ0v) is 12.3. The topological polar surface area (TPSA) is 12.4 Å². The highest BCUT2D eigenvalue weighted by Gasteiger charge is 2.00. The lowest BCUT2D eigenvalue weighted by Gasteiger charge is -2.07. The first kappa shape index (κ1) is 16.4. The molecule has 0 saturated heterocycles. The molecule has 1 unspecified atom stereocenters. The molecule has 0 amide bonds. The molecule has 100 valence electrons. The van der Waals surface area contributed by atoms with Crippen molar-refractivity contribution in [2.45, 2.75) is 79.1 Å². The van der Waals surface area contributed by atoms with E-state index in [1.807, 2.05) is 0 Å². The van der Waals surface area contributed by atoms with Crippen LogP contribution in [0.5, 0.6) is 0 Å². The van der Waals surface area contributed by atoms with Crippen LogP contribution in [0.1, 0.15) is 79.1 Å². The van der Waals surface area contributed by atoms with Gasteiger partial charge in [-0.15, -0.1) is 0 Å². The molecule has 17 heavy (non-hydrogen) atoms. The highest BCUT2D eigenvalue weighted by Crippen LogP contribution is 2.13. The Morgan fingerprint density at radius 2 is 1.76 bits per heavy atom. The Balaban J connectivity index is 4.11. The summed E-state index contributed by atoms with van der Waals surface area (Å²) >= 11 is 0. The van der Waals surface area contributed by atoms with Gasteiger partial charge in [-0.1, -0.05) is 52.5 Å². The fraction of sp³-hybridized carbons (Fsp3) is 0.812. The fourth-order valence-corrected chi connectivity index (χ4v) is 1.86. The summed E-state index contributed by atoms with van der Waals surface area (Å²) in [6.07, 6.45) is 14.3. The molecule has 0 aromatic rings. The molecule has 0 aliphatic heterocycles. The second kappa shape index (κ2) is 11.9. The molecule has 0 aliphatic rings. The SMILES string of the molecule is CCCC/C(=C\N=CC(CC)CCCC)CC. The van der Waals surface area contributed by atoms with Gasteiger partial charge in [0.1, 0.15) is 0 Å². The van der Waals surface area contributed by atoms with Crippen molar-refractivity contribution in [2.24, 2.45) is 10.9 Å². The predicted octanol–water partition coefficient (Wildman–Crippen LogP) is 5.76. The van der Waals surface area contributed by atoms with Crippen LogP contribution < -0.4 is 0 Å². The van der Waals surface area contributed by atoms with Crippen LogP contribution in [-0.2, 0) is 0 Å². The van der Waals surface area contributed by atoms with Gasteiger partial charge >= 0.3 is 0 Å². The van der Waals surface area contributed by atoms with E-state index in [1.165, 1.54) is 50.5 Å². The van der Waals surface area contributed by atoms with Crippen molar-refractivity contribution >= 4 is 6.21 Å². The smallest absolute Gasteiger partial charge is 0.0255 e. The molecule has 0 saturated carbocycles. The Labute approximate surface area is 108 Å². The number of nitrogens with zero attached hydrogens (tertiary/aromatic N) is 1. The fourth-order valence-electron chi connectivity index (χ4n) is 1.86. The number of aliphatic imine (C=N–C) groups is 1. The van der Waals surface area contributed by atoms with Gasteiger partial charge in [-0.3, -0.25) is 4.99 Å². The van der Waals surface area contributed by atoms with Crippen molar-refractivity contribution in [3.05, 3.63) is 11.8 Å². The monoisotopic (exact) mass is 237 g/mol. The van der Waals surface area contributed by atoms with E-state index in [9.17, 15) is 0 Å². The summed E-state index contributed by atoms with van der Waals surface area (Å²) in [6.45, 7) is 8.98. The first-order valence-corrected chi connectivity index (χ1v) is 7.49. The molecule has 0 heterocycles. The Hall–Kier alpha value is -0.590. The standard InChI is InChI=1S/C16H31N/c1-5-9-11-15(7-3)13-17-14-16(8-4)12-10-6-2/h13-15H,5-12H2,1-4H3/b16-14-,17-13?. The lowest BCUT2D eigenvalue weighted by Crippen LogP contribution is -1.99. The van der Waals surface area contributed by atoms with Crippen molar-refractivity contribution in [1.29, 1.82) is 0 Å². The quantitative estimate of drug-likeness (QED) is 0.428. The Morgan fingerprint density at radius 1 is 1.06 bits per heavy atom. The van der Waals surface area contributed by atoms with E-state index < -0.39 is 0 Å². The van der Waals surface area contributed by atoms with Gasteiger partial charge in [-0.2, -0.15) is 0 Å². The van der Waals surface area contributed by atoms with Crippen LogP contribution in [0.15, 0.2) is 16.8 Å². The zero-order valence-electron chi connectivity index (χ0n) is 12.3. The van der Waals surface area contributed by atoms with Crippen molar-refractivity contribution in [2.75, 3.05) is 0 Å². The summed E-state index contributed by atoms with van der Waals surface area (Å²) in [5, 5.41) is 0. The Bertz CT molecular complexity index is 216. The number of hydrogen-bond acceptors (Lipinski definition) is 1. The van der Waals surface area contributed by atoms with Gasteiger partial charge in [0.15, 0.2) is 0 Å². The van der Waals surface area contributed by atoms with Gasteiger partial charge in [-0.25, -0.2) is 0 Å². The van der Waals surface area contributed by atoms with E-state index in [-0.39, 0.29) is 0 Å². The maximum absolute atomic E-state index is 4.53. The summed E-state index contributed by atoms with van der Waals surface area (Å²) in [4.78, 5) is 4.53. The molecule has 0 bridgehead atoms. The average molecular weight is 237 g/mol. The first-order chi connectivity index (χ1) is 8.28. The van der Waals surface area contributed by atoms with Gasteiger partial charge in [0.2, 0.25) is 0 Å². The minimum atomic E-state index is 0.676. The van der Waals surface area contributed by atoms with Crippen LogP contribution in [-0.4, -0.2) is 6.21 Å². The molecule has 0 fully saturated rings. The number of rotatable bonds is 10. The number of hydrogen-bond donors (Lipinski definition) is 0. The summed E-state index contributed by atoms with van der Waals surface area (Å²) in [6, 6.07) is 0. The molecule has 0 aromatic heterocycles. The maximum Gasteiger partial charge on any atom is 0.0255 e. The molecule has 0 spiro atoms. The number of allylic oxidation sites excluding steroid dienone is 1. The zero-order chi connectivity index (χ0) is 12.9. The van der Waals surface area contributed by atoms with E-state index >= 15 is 0 Å². The van der Waals surface area contributed by atoms with Crippen LogP contribution in [0.4, 0.5) is 0 Å². The number of unbranched alkanes of at least 4 members (excludes halogenated alkanes) is 2. The Morgan fingerprint density at radius 3 is 2.29 bits per heavy atom. The lowest BCUT2D eigenvalue weighted by atomic mass is 10.0. The second-order valence-electron chi connectivity index (χ2n) is 4.85. The Kier molecular flexibility index (Phi) is 11.5. The minimum absolute atomic E-state index is 0.676. The van der Waals surface area contributed by atoms with Crippen molar-refractivity contribution in [1.82, 2.24) is 0 Å². The average Bonchev–Trinajstić information content (AvgIpc) is 2.37. The van der Waals surface area contributed by atoms with Crippen molar-refractivity contribution < 1.29 is 0 Å². The molecule has 1 nitrogen and oxygen atoms in total. The van der Waals surface area contributed by atoms with Gasteiger partial charge in [0, 0.05) is 12.4 Å². The molecule has 0 radical (unpaired) electrons. The molecule has 0 aromatic carbocycles. The molecule has 0 rings (SSSR count). The third-order valence-electron chi connectivity index (χ3n) is 3.31.